The smallest absolute Gasteiger partial charge is 0.309 e. The van der Waals surface area contributed by atoms with Gasteiger partial charge in [-0.15, -0.1) is 0 Å². The Bertz CT molecular complexity index is 1060. The molecule has 1 unspecified atom stereocenters. The molecule has 1 aliphatic rings. The molecule has 39 heavy (non-hydrogen) atoms. The van der Waals surface area contributed by atoms with Gasteiger partial charge in [0, 0.05) is 43.4 Å². The van der Waals surface area contributed by atoms with Crippen LogP contribution in [0.4, 0.5) is 32.2 Å². The number of nitrogens with one attached hydrogen (secondary N) is 1. The molecule has 13 heteroatoms. The van der Waals surface area contributed by atoms with Crippen LogP contribution in [-0.2, 0) is 41.5 Å². The Hall–Kier alpha value is -2.41. The minimum absolute atomic E-state index is 0.0579. The molecule has 3 rings (SSSR count). The Labute approximate surface area is 232 Å². The number of alkyl halides is 7. The first-order valence-corrected chi connectivity index (χ1v) is 13.7. The molecule has 6 nitrogen and oxygen atoms in total. The Morgan fingerprint density at radius 1 is 1.08 bits per heavy atom. The molecule has 218 valence electrons. The van der Waals surface area contributed by atoms with E-state index in [0.29, 0.717) is 37.1 Å². The van der Waals surface area contributed by atoms with E-state index in [1.807, 2.05) is 10.7 Å². The van der Waals surface area contributed by atoms with Gasteiger partial charge in [-0.25, -0.2) is 0 Å². The number of carbonyl (C=O) groups excluding carboxylic acids is 2. The highest BCUT2D eigenvalue weighted by Gasteiger charge is 2.37. The van der Waals surface area contributed by atoms with Crippen LogP contribution in [0, 0.1) is 5.92 Å². The summed E-state index contributed by atoms with van der Waals surface area (Å²) >= 11 is 3.37. The number of aromatic nitrogens is 2. The number of anilines is 1. The van der Waals surface area contributed by atoms with E-state index in [4.69, 9.17) is 0 Å². The van der Waals surface area contributed by atoms with Crippen molar-refractivity contribution in [1.29, 1.82) is 0 Å². The molecule has 0 aliphatic carbocycles. The van der Waals surface area contributed by atoms with Crippen LogP contribution in [0.3, 0.4) is 0 Å². The van der Waals surface area contributed by atoms with Gasteiger partial charge in [0.25, 0.3) is 0 Å². The first-order valence-electron chi connectivity index (χ1n) is 12.6. The lowest BCUT2D eigenvalue weighted by Crippen LogP contribution is -2.17. The summed E-state index contributed by atoms with van der Waals surface area (Å²) in [4.78, 5) is 24.7. The van der Waals surface area contributed by atoms with Crippen LogP contribution in [0.1, 0.15) is 61.4 Å². The lowest BCUT2D eigenvalue weighted by Gasteiger charge is -2.15. The van der Waals surface area contributed by atoms with Gasteiger partial charge in [0.1, 0.15) is 6.29 Å². The average molecular weight is 627 g/mol. The quantitative estimate of drug-likeness (QED) is 0.145. The number of hydrogen-bond donors (Lipinski definition) is 1. The monoisotopic (exact) mass is 626 g/mol. The van der Waals surface area contributed by atoms with Crippen molar-refractivity contribution in [3.63, 3.8) is 0 Å². The molecule has 0 fully saturated rings. The van der Waals surface area contributed by atoms with Crippen molar-refractivity contribution in [3.05, 3.63) is 46.6 Å². The fraction of sp³-hybridized carbons (Fsp3) is 0.577. The Morgan fingerprint density at radius 3 is 2.26 bits per heavy atom. The molecule has 0 radical (unpaired) electrons. The molecule has 0 saturated heterocycles. The molecule has 1 aromatic carbocycles. The van der Waals surface area contributed by atoms with Gasteiger partial charge in [-0.3, -0.25) is 9.48 Å². The molecule has 0 spiro atoms. The summed E-state index contributed by atoms with van der Waals surface area (Å²) in [5.74, 6) is 0.149. The van der Waals surface area contributed by atoms with Crippen molar-refractivity contribution < 1.29 is 35.9 Å². The number of aryl methyl sites for hydroxylation is 1. The first kappa shape index (κ1) is 32.8. The van der Waals surface area contributed by atoms with Crippen molar-refractivity contribution in [1.82, 2.24) is 14.7 Å². The maximum absolute atomic E-state index is 12.6. The predicted octanol–water partition coefficient (Wildman–Crippen LogP) is 6.71. The van der Waals surface area contributed by atoms with Crippen molar-refractivity contribution >= 4 is 33.9 Å². The zero-order chi connectivity index (χ0) is 29.2. The number of fused-ring (bicyclic) bond motifs is 1. The highest BCUT2D eigenvalue weighted by Crippen LogP contribution is 2.36. The second kappa shape index (κ2) is 14.8. The van der Waals surface area contributed by atoms with E-state index in [9.17, 15) is 35.9 Å². The van der Waals surface area contributed by atoms with E-state index in [1.54, 1.807) is 6.92 Å². The molecule has 0 bridgehead atoms. The number of nitrogens with zero attached hydrogens (tertiary/aromatic N) is 3. The van der Waals surface area contributed by atoms with Crippen LogP contribution in [0.15, 0.2) is 24.3 Å². The molecule has 1 aliphatic heterocycles. The maximum atomic E-state index is 12.6. The van der Waals surface area contributed by atoms with Gasteiger partial charge in [0.15, 0.2) is 5.82 Å². The Kier molecular flexibility index (Phi) is 12.5. The normalized spacial score (nSPS) is 15.0. The van der Waals surface area contributed by atoms with Crippen molar-refractivity contribution in [2.24, 2.45) is 5.92 Å². The molecule has 0 saturated carbocycles. The topological polar surface area (TPSA) is 67.2 Å². The van der Waals surface area contributed by atoms with Crippen molar-refractivity contribution in [3.8, 4) is 0 Å². The second-order valence-corrected chi connectivity index (χ2v) is 10.2. The summed E-state index contributed by atoms with van der Waals surface area (Å²) in [6.07, 6.45) is -5.39. The number of rotatable bonds is 9. The van der Waals surface area contributed by atoms with E-state index in [-0.39, 0.29) is 24.0 Å². The lowest BCUT2D eigenvalue weighted by atomic mass is 9.95. The molecular formula is C26H33BrF6N4O2. The van der Waals surface area contributed by atoms with Gasteiger partial charge >= 0.3 is 12.4 Å². The van der Waals surface area contributed by atoms with Crippen LogP contribution in [0.25, 0.3) is 0 Å². The molecule has 1 atom stereocenters. The van der Waals surface area contributed by atoms with Crippen LogP contribution >= 0.6 is 15.9 Å². The van der Waals surface area contributed by atoms with Crippen LogP contribution in [0.2, 0.25) is 0 Å². The predicted molar refractivity (Wildman–Crippen MR) is 139 cm³/mol. The maximum Gasteiger partial charge on any atom is 0.416 e. The second-order valence-electron chi connectivity index (χ2n) is 9.45. The van der Waals surface area contributed by atoms with Gasteiger partial charge in [-0.1, -0.05) is 22.9 Å². The summed E-state index contributed by atoms with van der Waals surface area (Å²) in [5.41, 5.74) is -1.69. The zero-order valence-corrected chi connectivity index (χ0v) is 23.4. The molecule has 2 heterocycles. The van der Waals surface area contributed by atoms with Gasteiger partial charge < -0.3 is 15.0 Å². The highest BCUT2D eigenvalue weighted by molar-refractivity contribution is 9.09. The van der Waals surface area contributed by atoms with Crippen LogP contribution in [-0.4, -0.2) is 45.8 Å². The van der Waals surface area contributed by atoms with Gasteiger partial charge in [0.2, 0.25) is 5.91 Å². The summed E-state index contributed by atoms with van der Waals surface area (Å²) in [7, 11) is 2.11. The number of amides is 1. The number of unbranched alkanes of at least 4 members (excludes halogenated alkanes) is 1. The van der Waals surface area contributed by atoms with Crippen LogP contribution in [0.5, 0.6) is 0 Å². The molecule has 1 N–H and O–H groups in total. The number of carbonyl (C=O) groups is 2. The standard InChI is InChI=1S/C13H21BrN4O.C13H12F6O/c1-17-7-4-8-18-11(10-17)9-12(16-18)15-13(19)5-2-3-6-14;1-2-8(7-20)3-9-4-10(12(14,15)16)6-11(5-9)13(17,18)19/h9H,2-8,10H2,1H3,(H,15,16,19);4-8H,2-3H2,1H3. The van der Waals surface area contributed by atoms with E-state index < -0.39 is 29.4 Å². The fourth-order valence-corrected chi connectivity index (χ4v) is 4.39. The van der Waals surface area contributed by atoms with Gasteiger partial charge in [0.05, 0.1) is 16.8 Å². The third-order valence-corrected chi connectivity index (χ3v) is 6.68. The summed E-state index contributed by atoms with van der Waals surface area (Å²) in [6, 6.07) is 3.37. The Morgan fingerprint density at radius 2 is 1.72 bits per heavy atom. The summed E-state index contributed by atoms with van der Waals surface area (Å²) in [6.45, 7) is 4.56. The lowest BCUT2D eigenvalue weighted by molar-refractivity contribution is -0.143. The molecule has 1 aromatic heterocycles. The minimum Gasteiger partial charge on any atom is -0.309 e. The minimum atomic E-state index is -4.86. The third-order valence-electron chi connectivity index (χ3n) is 6.12. The zero-order valence-electron chi connectivity index (χ0n) is 21.8. The van der Waals surface area contributed by atoms with E-state index in [0.717, 1.165) is 44.2 Å². The average Bonchev–Trinajstić information content (AvgIpc) is 3.12. The highest BCUT2D eigenvalue weighted by atomic mass is 79.9. The number of benzene rings is 1. The van der Waals surface area contributed by atoms with E-state index in [1.165, 1.54) is 5.69 Å². The van der Waals surface area contributed by atoms with E-state index in [2.05, 4.69) is 38.3 Å². The fourth-order valence-electron chi connectivity index (χ4n) is 4.00. The third kappa shape index (κ3) is 10.9. The van der Waals surface area contributed by atoms with Gasteiger partial charge in [-0.05, 0) is 62.9 Å². The number of aldehydes is 1. The number of hydrogen-bond acceptors (Lipinski definition) is 4. The summed E-state index contributed by atoms with van der Waals surface area (Å²) < 4.78 is 77.6. The summed E-state index contributed by atoms with van der Waals surface area (Å²) in [5, 5.41) is 8.30. The van der Waals surface area contributed by atoms with Crippen molar-refractivity contribution in [2.75, 3.05) is 24.2 Å². The molecular weight excluding hydrogens is 594 g/mol. The van der Waals surface area contributed by atoms with Crippen molar-refractivity contribution in [2.45, 2.75) is 70.9 Å². The Balaban J connectivity index is 0.000000274. The van der Waals surface area contributed by atoms with Gasteiger partial charge in [-0.2, -0.15) is 31.4 Å². The first-order chi connectivity index (χ1) is 18.3. The SMILES string of the molecule is CCC(C=O)Cc1cc(C(F)(F)F)cc(C(F)(F)F)c1.CN1CCCn2nc(NC(=O)CCCCBr)cc2C1. The largest absolute Gasteiger partial charge is 0.416 e. The molecule has 2 aromatic rings. The number of halogens is 7. The molecule has 1 amide bonds. The van der Waals surface area contributed by atoms with Crippen LogP contribution < -0.4 is 5.32 Å². The van der Waals surface area contributed by atoms with E-state index >= 15 is 0 Å².